The van der Waals surface area contributed by atoms with E-state index in [9.17, 15) is 0 Å². The summed E-state index contributed by atoms with van der Waals surface area (Å²) in [4.78, 5) is 0. The predicted octanol–water partition coefficient (Wildman–Crippen LogP) is 3.30. The molecule has 3 rings (SSSR count). The molecule has 2 aliphatic rings. The molecule has 2 nitrogen and oxygen atoms in total. The van der Waals surface area contributed by atoms with Crippen LogP contribution in [0, 0.1) is 12.8 Å². The van der Waals surface area contributed by atoms with E-state index in [1.165, 1.54) is 23.3 Å². The molecule has 2 saturated heterocycles. The molecular formula is C16H23NOS. The summed E-state index contributed by atoms with van der Waals surface area (Å²) < 4.78 is 6.09. The molecule has 0 aliphatic carbocycles. The zero-order valence-corrected chi connectivity index (χ0v) is 12.4. The highest BCUT2D eigenvalue weighted by atomic mass is 32.2. The van der Waals surface area contributed by atoms with Crippen LogP contribution in [0.3, 0.4) is 0 Å². The molecule has 0 aromatic heterocycles. The molecule has 0 bridgehead atoms. The fraction of sp³-hybridized carbons (Fsp3) is 0.625. The summed E-state index contributed by atoms with van der Waals surface area (Å²) in [5.41, 5.74) is 9.22. The lowest BCUT2D eigenvalue weighted by Crippen LogP contribution is -2.42. The number of ether oxygens (including phenoxy) is 1. The van der Waals surface area contributed by atoms with Crippen molar-refractivity contribution in [3.05, 3.63) is 35.4 Å². The van der Waals surface area contributed by atoms with Crippen molar-refractivity contribution in [1.29, 1.82) is 0 Å². The van der Waals surface area contributed by atoms with Gasteiger partial charge >= 0.3 is 0 Å². The van der Waals surface area contributed by atoms with Crippen LogP contribution in [0.4, 0.5) is 0 Å². The molecule has 0 saturated carbocycles. The minimum absolute atomic E-state index is 0.135. The number of benzene rings is 1. The third kappa shape index (κ3) is 2.83. The SMILES string of the molecule is Cc1ccc(C(N)C2CCOC3(CCSC3)C2)cc1. The Labute approximate surface area is 120 Å². The van der Waals surface area contributed by atoms with Crippen LogP contribution >= 0.6 is 11.8 Å². The monoisotopic (exact) mass is 277 g/mol. The first-order chi connectivity index (χ1) is 9.19. The Balaban J connectivity index is 1.72. The van der Waals surface area contributed by atoms with E-state index < -0.39 is 0 Å². The second-order valence-corrected chi connectivity index (χ2v) is 7.13. The maximum absolute atomic E-state index is 6.51. The average molecular weight is 277 g/mol. The van der Waals surface area contributed by atoms with Crippen LogP contribution in [-0.2, 0) is 4.74 Å². The molecule has 19 heavy (non-hydrogen) atoms. The summed E-state index contributed by atoms with van der Waals surface area (Å²) in [7, 11) is 0. The molecule has 3 atom stereocenters. The van der Waals surface area contributed by atoms with Gasteiger partial charge in [0.15, 0.2) is 0 Å². The summed E-state index contributed by atoms with van der Waals surface area (Å²) in [5.74, 6) is 2.96. The number of rotatable bonds is 2. The lowest BCUT2D eigenvalue weighted by molar-refractivity contribution is -0.0834. The fourth-order valence-electron chi connectivity index (χ4n) is 3.30. The summed E-state index contributed by atoms with van der Waals surface area (Å²) >= 11 is 2.03. The van der Waals surface area contributed by atoms with Gasteiger partial charge in [-0.1, -0.05) is 29.8 Å². The minimum atomic E-state index is 0.135. The van der Waals surface area contributed by atoms with E-state index in [1.807, 2.05) is 11.8 Å². The van der Waals surface area contributed by atoms with Gasteiger partial charge in [-0.15, -0.1) is 0 Å². The second kappa shape index (κ2) is 5.47. The second-order valence-electron chi connectivity index (χ2n) is 6.02. The molecule has 2 aliphatic heterocycles. The van der Waals surface area contributed by atoms with Crippen molar-refractivity contribution >= 4 is 11.8 Å². The third-order valence-corrected chi connectivity index (χ3v) is 5.79. The van der Waals surface area contributed by atoms with Gasteiger partial charge in [0.1, 0.15) is 0 Å². The van der Waals surface area contributed by atoms with Gasteiger partial charge in [-0.2, -0.15) is 11.8 Å². The van der Waals surface area contributed by atoms with Crippen molar-refractivity contribution in [1.82, 2.24) is 0 Å². The smallest absolute Gasteiger partial charge is 0.0783 e. The van der Waals surface area contributed by atoms with Gasteiger partial charge in [-0.05, 0) is 43.4 Å². The van der Waals surface area contributed by atoms with E-state index in [-0.39, 0.29) is 11.6 Å². The molecule has 3 unspecified atom stereocenters. The van der Waals surface area contributed by atoms with Crippen LogP contribution in [-0.4, -0.2) is 23.7 Å². The average Bonchev–Trinajstić information content (AvgIpc) is 2.87. The zero-order valence-electron chi connectivity index (χ0n) is 11.6. The molecule has 2 heterocycles. The van der Waals surface area contributed by atoms with E-state index in [0.717, 1.165) is 25.2 Å². The largest absolute Gasteiger partial charge is 0.374 e. The van der Waals surface area contributed by atoms with Crippen molar-refractivity contribution in [2.24, 2.45) is 11.7 Å². The molecule has 104 valence electrons. The maximum atomic E-state index is 6.51. The van der Waals surface area contributed by atoms with E-state index in [4.69, 9.17) is 10.5 Å². The lowest BCUT2D eigenvalue weighted by atomic mass is 9.79. The van der Waals surface area contributed by atoms with Gasteiger partial charge in [0.25, 0.3) is 0 Å². The number of aryl methyl sites for hydroxylation is 1. The van der Waals surface area contributed by atoms with E-state index in [2.05, 4.69) is 31.2 Å². The van der Waals surface area contributed by atoms with Gasteiger partial charge in [0.2, 0.25) is 0 Å². The van der Waals surface area contributed by atoms with Crippen LogP contribution in [0.5, 0.6) is 0 Å². The van der Waals surface area contributed by atoms with Crippen molar-refractivity contribution in [2.45, 2.75) is 37.8 Å². The van der Waals surface area contributed by atoms with E-state index >= 15 is 0 Å². The first kappa shape index (κ1) is 13.5. The topological polar surface area (TPSA) is 35.2 Å². The third-order valence-electron chi connectivity index (χ3n) is 4.57. The van der Waals surface area contributed by atoms with Crippen LogP contribution in [0.1, 0.15) is 36.4 Å². The van der Waals surface area contributed by atoms with Crippen LogP contribution in [0.2, 0.25) is 0 Å². The molecule has 1 aromatic rings. The van der Waals surface area contributed by atoms with Gasteiger partial charge in [0, 0.05) is 18.4 Å². The van der Waals surface area contributed by atoms with Crippen LogP contribution in [0.15, 0.2) is 24.3 Å². The van der Waals surface area contributed by atoms with Gasteiger partial charge in [-0.25, -0.2) is 0 Å². The molecule has 0 amide bonds. The van der Waals surface area contributed by atoms with Gasteiger partial charge in [0.05, 0.1) is 5.60 Å². The standard InChI is InChI=1S/C16H23NOS/c1-12-2-4-13(5-3-12)15(17)14-6-8-18-16(10-14)7-9-19-11-16/h2-5,14-15H,6-11,17H2,1H3. The summed E-state index contributed by atoms with van der Waals surface area (Å²) in [6.45, 7) is 3.00. The van der Waals surface area contributed by atoms with Gasteiger partial charge in [-0.3, -0.25) is 0 Å². The molecule has 1 spiro atoms. The van der Waals surface area contributed by atoms with Crippen LogP contribution < -0.4 is 5.73 Å². The Kier molecular flexibility index (Phi) is 3.88. The Morgan fingerprint density at radius 3 is 2.84 bits per heavy atom. The number of hydrogen-bond donors (Lipinski definition) is 1. The lowest BCUT2D eigenvalue weighted by Gasteiger charge is -2.40. The quantitative estimate of drug-likeness (QED) is 0.901. The summed E-state index contributed by atoms with van der Waals surface area (Å²) in [6, 6.07) is 8.86. The molecule has 3 heteroatoms. The first-order valence-electron chi connectivity index (χ1n) is 7.22. The Bertz CT molecular complexity index is 425. The Hall–Kier alpha value is -0.510. The number of hydrogen-bond acceptors (Lipinski definition) is 3. The maximum Gasteiger partial charge on any atom is 0.0783 e. The fourth-order valence-corrected chi connectivity index (χ4v) is 4.67. The number of thioether (sulfide) groups is 1. The van der Waals surface area contributed by atoms with Crippen molar-refractivity contribution < 1.29 is 4.74 Å². The molecular weight excluding hydrogens is 254 g/mol. The molecule has 2 fully saturated rings. The van der Waals surface area contributed by atoms with Crippen LogP contribution in [0.25, 0.3) is 0 Å². The highest BCUT2D eigenvalue weighted by Crippen LogP contribution is 2.43. The zero-order chi connectivity index (χ0) is 13.3. The Morgan fingerprint density at radius 1 is 1.37 bits per heavy atom. The molecule has 0 radical (unpaired) electrons. The highest BCUT2D eigenvalue weighted by molar-refractivity contribution is 7.99. The van der Waals surface area contributed by atoms with Crippen molar-refractivity contribution in [2.75, 3.05) is 18.1 Å². The Morgan fingerprint density at radius 2 is 2.16 bits per heavy atom. The summed E-state index contributed by atoms with van der Waals surface area (Å²) in [5, 5.41) is 0. The van der Waals surface area contributed by atoms with Crippen molar-refractivity contribution in [3.8, 4) is 0 Å². The van der Waals surface area contributed by atoms with Crippen molar-refractivity contribution in [3.63, 3.8) is 0 Å². The highest BCUT2D eigenvalue weighted by Gasteiger charge is 2.42. The predicted molar refractivity (Wildman–Crippen MR) is 81.5 cm³/mol. The number of nitrogens with two attached hydrogens (primary N) is 1. The van der Waals surface area contributed by atoms with Gasteiger partial charge < -0.3 is 10.5 Å². The molecule has 1 aromatic carbocycles. The van der Waals surface area contributed by atoms with E-state index in [1.54, 1.807) is 0 Å². The first-order valence-corrected chi connectivity index (χ1v) is 8.38. The minimum Gasteiger partial charge on any atom is -0.374 e. The molecule has 2 N–H and O–H groups in total. The summed E-state index contributed by atoms with van der Waals surface area (Å²) in [6.07, 6.45) is 3.44. The normalized spacial score (nSPS) is 32.6. The van der Waals surface area contributed by atoms with E-state index in [0.29, 0.717) is 5.92 Å².